The summed E-state index contributed by atoms with van der Waals surface area (Å²) in [7, 11) is 1.57. The van der Waals surface area contributed by atoms with Crippen molar-refractivity contribution in [3.05, 3.63) is 59.7 Å². The Morgan fingerprint density at radius 1 is 0.818 bits per heavy atom. The summed E-state index contributed by atoms with van der Waals surface area (Å²) in [5.41, 5.74) is 3.80. The normalized spacial score (nSPS) is 10.8. The molecule has 1 amide bonds. The van der Waals surface area contributed by atoms with Gasteiger partial charge in [-0.15, -0.1) is 0 Å². The first-order valence-corrected chi connectivity index (χ1v) is 11.9. The number of unbranched alkanes of at least 4 members (excludes halogenated alkanes) is 8. The molecule has 178 valence electrons. The van der Waals surface area contributed by atoms with Crippen LogP contribution in [0.2, 0.25) is 0 Å². The number of amides is 1. The average molecular weight is 453 g/mol. The lowest BCUT2D eigenvalue weighted by atomic mass is 10.1. The van der Waals surface area contributed by atoms with Crippen LogP contribution in [0.25, 0.3) is 0 Å². The van der Waals surface area contributed by atoms with Crippen molar-refractivity contribution in [1.82, 2.24) is 5.43 Å². The van der Waals surface area contributed by atoms with Gasteiger partial charge in [0.2, 0.25) is 5.91 Å². The zero-order valence-corrected chi connectivity index (χ0v) is 19.8. The SMILES string of the molecule is CCCCCCCCCCCC(=O)N/N=C\c1ccc(OC(=O)c2ccc(OC)cc2)cc1. The van der Waals surface area contributed by atoms with Gasteiger partial charge in [-0.05, 0) is 60.5 Å². The number of methoxy groups -OCH3 is 1. The number of carbonyl (C=O) groups excluding carboxylic acids is 2. The second kappa shape index (κ2) is 15.6. The monoisotopic (exact) mass is 452 g/mol. The van der Waals surface area contributed by atoms with Crippen molar-refractivity contribution in [2.24, 2.45) is 5.10 Å². The lowest BCUT2D eigenvalue weighted by Gasteiger charge is -2.05. The van der Waals surface area contributed by atoms with Gasteiger partial charge in [-0.3, -0.25) is 4.79 Å². The summed E-state index contributed by atoms with van der Waals surface area (Å²) < 4.78 is 10.5. The molecule has 0 spiro atoms. The molecule has 0 aliphatic carbocycles. The maximum atomic E-state index is 12.2. The summed E-state index contributed by atoms with van der Waals surface area (Å²) in [6.07, 6.45) is 13.1. The van der Waals surface area contributed by atoms with Crippen LogP contribution >= 0.6 is 0 Å². The van der Waals surface area contributed by atoms with Crippen molar-refractivity contribution in [2.75, 3.05) is 7.11 Å². The van der Waals surface area contributed by atoms with Gasteiger partial charge in [-0.2, -0.15) is 5.10 Å². The highest BCUT2D eigenvalue weighted by molar-refractivity contribution is 5.91. The predicted molar refractivity (Wildman–Crippen MR) is 132 cm³/mol. The van der Waals surface area contributed by atoms with Crippen LogP contribution in [-0.4, -0.2) is 25.2 Å². The van der Waals surface area contributed by atoms with Crippen molar-refractivity contribution in [1.29, 1.82) is 0 Å². The Morgan fingerprint density at radius 2 is 1.39 bits per heavy atom. The van der Waals surface area contributed by atoms with Gasteiger partial charge in [0.1, 0.15) is 11.5 Å². The number of esters is 1. The number of carbonyl (C=O) groups is 2. The van der Waals surface area contributed by atoms with Crippen molar-refractivity contribution < 1.29 is 19.1 Å². The van der Waals surface area contributed by atoms with Gasteiger partial charge in [-0.1, -0.05) is 58.3 Å². The molecule has 1 N–H and O–H groups in total. The third kappa shape index (κ3) is 10.8. The van der Waals surface area contributed by atoms with Crippen LogP contribution < -0.4 is 14.9 Å². The van der Waals surface area contributed by atoms with E-state index in [1.54, 1.807) is 61.9 Å². The lowest BCUT2D eigenvalue weighted by Crippen LogP contribution is -2.16. The second-order valence-electron chi connectivity index (χ2n) is 8.06. The van der Waals surface area contributed by atoms with Crippen LogP contribution in [0, 0.1) is 0 Å². The van der Waals surface area contributed by atoms with Crippen LogP contribution in [0.15, 0.2) is 53.6 Å². The van der Waals surface area contributed by atoms with Crippen molar-refractivity contribution in [3.8, 4) is 11.5 Å². The summed E-state index contributed by atoms with van der Waals surface area (Å²) in [6.45, 7) is 2.23. The molecule has 6 heteroatoms. The number of nitrogens with one attached hydrogen (secondary N) is 1. The molecule has 33 heavy (non-hydrogen) atoms. The highest BCUT2D eigenvalue weighted by atomic mass is 16.5. The fourth-order valence-corrected chi connectivity index (χ4v) is 3.35. The Bertz CT molecular complexity index is 861. The summed E-state index contributed by atoms with van der Waals surface area (Å²) in [6, 6.07) is 13.6. The highest BCUT2D eigenvalue weighted by Crippen LogP contribution is 2.16. The van der Waals surface area contributed by atoms with Crippen molar-refractivity contribution in [2.45, 2.75) is 71.1 Å². The molecule has 0 fully saturated rings. The number of hydrazone groups is 1. The molecule has 0 bridgehead atoms. The highest BCUT2D eigenvalue weighted by Gasteiger charge is 2.08. The molecule has 0 aromatic heterocycles. The molecular formula is C27H36N2O4. The summed E-state index contributed by atoms with van der Waals surface area (Å²) in [5.74, 6) is 0.597. The molecule has 0 atom stereocenters. The van der Waals surface area contributed by atoms with E-state index in [1.807, 2.05) is 0 Å². The molecule has 0 aliphatic rings. The number of ether oxygens (including phenoxy) is 2. The van der Waals surface area contributed by atoms with Gasteiger partial charge in [0.25, 0.3) is 0 Å². The molecule has 0 saturated carbocycles. The largest absolute Gasteiger partial charge is 0.497 e. The van der Waals surface area contributed by atoms with E-state index in [1.165, 1.54) is 44.9 Å². The van der Waals surface area contributed by atoms with Gasteiger partial charge in [0, 0.05) is 6.42 Å². The van der Waals surface area contributed by atoms with E-state index in [-0.39, 0.29) is 5.91 Å². The summed E-state index contributed by atoms with van der Waals surface area (Å²) >= 11 is 0. The van der Waals surface area contributed by atoms with Crippen molar-refractivity contribution in [3.63, 3.8) is 0 Å². The maximum Gasteiger partial charge on any atom is 0.343 e. The van der Waals surface area contributed by atoms with Crippen LogP contribution in [0.4, 0.5) is 0 Å². The van der Waals surface area contributed by atoms with Crippen LogP contribution in [0.3, 0.4) is 0 Å². The minimum absolute atomic E-state index is 0.0702. The molecule has 2 rings (SSSR count). The fraction of sp³-hybridized carbons (Fsp3) is 0.444. The molecule has 2 aromatic rings. The molecule has 0 aliphatic heterocycles. The third-order valence-electron chi connectivity index (χ3n) is 5.33. The lowest BCUT2D eigenvalue weighted by molar-refractivity contribution is -0.121. The Hall–Kier alpha value is -3.15. The van der Waals surface area contributed by atoms with Crippen LogP contribution in [0.1, 0.15) is 87.1 Å². The predicted octanol–water partition coefficient (Wildman–Crippen LogP) is 6.29. The Balaban J connectivity index is 1.62. The Morgan fingerprint density at radius 3 is 2.00 bits per heavy atom. The first-order chi connectivity index (χ1) is 16.1. The minimum Gasteiger partial charge on any atom is -0.497 e. The zero-order chi connectivity index (χ0) is 23.7. The molecule has 0 saturated heterocycles. The fourth-order valence-electron chi connectivity index (χ4n) is 3.35. The standard InChI is InChI=1S/C27H36N2O4/c1-3-4-5-6-7-8-9-10-11-12-26(30)29-28-21-22-13-17-25(18-14-22)33-27(31)23-15-19-24(32-2)20-16-23/h13-21H,3-12H2,1-2H3,(H,29,30)/b28-21-. The summed E-state index contributed by atoms with van der Waals surface area (Å²) in [5, 5.41) is 4.01. The van der Waals surface area contributed by atoms with E-state index >= 15 is 0 Å². The number of hydrogen-bond donors (Lipinski definition) is 1. The van der Waals surface area contributed by atoms with E-state index in [9.17, 15) is 9.59 Å². The summed E-state index contributed by atoms with van der Waals surface area (Å²) in [4.78, 5) is 24.1. The molecule has 0 radical (unpaired) electrons. The molecule has 6 nitrogen and oxygen atoms in total. The van der Waals surface area contributed by atoms with Gasteiger partial charge >= 0.3 is 5.97 Å². The maximum absolute atomic E-state index is 12.2. The number of benzene rings is 2. The Kier molecular flexibility index (Phi) is 12.4. The van der Waals surface area contributed by atoms with Crippen LogP contribution in [-0.2, 0) is 4.79 Å². The minimum atomic E-state index is -0.442. The quantitative estimate of drug-likeness (QED) is 0.113. The number of nitrogens with zero attached hydrogens (tertiary/aromatic N) is 1. The molecule has 0 heterocycles. The number of rotatable bonds is 15. The molecule has 0 unspecified atom stereocenters. The van der Waals surface area contributed by atoms with Gasteiger partial charge in [-0.25, -0.2) is 10.2 Å². The van der Waals surface area contributed by atoms with Crippen LogP contribution in [0.5, 0.6) is 11.5 Å². The van der Waals surface area contributed by atoms with E-state index < -0.39 is 5.97 Å². The smallest absolute Gasteiger partial charge is 0.343 e. The first kappa shape index (κ1) is 26.1. The van der Waals surface area contributed by atoms with E-state index in [0.29, 0.717) is 23.5 Å². The van der Waals surface area contributed by atoms with Gasteiger partial charge < -0.3 is 9.47 Å². The van der Waals surface area contributed by atoms with Gasteiger partial charge in [0.15, 0.2) is 0 Å². The Labute approximate surface area is 197 Å². The number of hydrogen-bond acceptors (Lipinski definition) is 5. The first-order valence-electron chi connectivity index (χ1n) is 11.9. The zero-order valence-electron chi connectivity index (χ0n) is 19.8. The van der Waals surface area contributed by atoms with E-state index in [4.69, 9.17) is 9.47 Å². The molecular weight excluding hydrogens is 416 g/mol. The third-order valence-corrected chi connectivity index (χ3v) is 5.33. The molecule has 2 aromatic carbocycles. The average Bonchev–Trinajstić information content (AvgIpc) is 2.84. The topological polar surface area (TPSA) is 77.0 Å². The van der Waals surface area contributed by atoms with Gasteiger partial charge in [0.05, 0.1) is 18.9 Å². The second-order valence-corrected chi connectivity index (χ2v) is 8.06. The van der Waals surface area contributed by atoms with Crippen molar-refractivity contribution >= 4 is 18.1 Å². The van der Waals surface area contributed by atoms with E-state index in [0.717, 1.165) is 18.4 Å². The van der Waals surface area contributed by atoms with E-state index in [2.05, 4.69) is 17.5 Å².